The largest absolute Gasteiger partial charge is 0.392 e. The highest BCUT2D eigenvalue weighted by Crippen LogP contribution is 2.30. The van der Waals surface area contributed by atoms with E-state index in [1.54, 1.807) is 12.5 Å². The summed E-state index contributed by atoms with van der Waals surface area (Å²) in [6, 6.07) is 0. The molecule has 0 atom stereocenters. The summed E-state index contributed by atoms with van der Waals surface area (Å²) in [6.07, 6.45) is 8.48. The molecule has 1 aromatic heterocycles. The minimum absolute atomic E-state index is 0.0474. The molecule has 0 aliphatic carbocycles. The average Bonchev–Trinajstić information content (AvgIpc) is 2.91. The molecule has 0 saturated carbocycles. The quantitative estimate of drug-likeness (QED) is 0.682. The van der Waals surface area contributed by atoms with Crippen molar-refractivity contribution in [2.75, 3.05) is 6.54 Å². The monoisotopic (exact) mass is 296 g/mol. The molecule has 6 heteroatoms. The predicted molar refractivity (Wildman–Crippen MR) is 84.3 cm³/mol. The van der Waals surface area contributed by atoms with E-state index in [2.05, 4.69) is 10.3 Å². The van der Waals surface area contributed by atoms with Crippen LogP contribution >= 0.6 is 12.2 Å². The SMILES string of the molecule is CCCC(CCC)(C(=O)NCCn1ccnc1)C(N)=S. The Morgan fingerprint density at radius 1 is 1.40 bits per heavy atom. The molecule has 0 spiro atoms. The van der Waals surface area contributed by atoms with Crippen molar-refractivity contribution in [3.63, 3.8) is 0 Å². The van der Waals surface area contributed by atoms with Gasteiger partial charge in [-0.3, -0.25) is 4.79 Å². The zero-order valence-corrected chi connectivity index (χ0v) is 13.1. The Kier molecular flexibility index (Phi) is 6.64. The topological polar surface area (TPSA) is 72.9 Å². The van der Waals surface area contributed by atoms with Gasteiger partial charge in [-0.15, -0.1) is 0 Å². The lowest BCUT2D eigenvalue weighted by Gasteiger charge is -2.31. The number of thiocarbonyl (C=S) groups is 1. The number of amides is 1. The molecule has 0 unspecified atom stereocenters. The third-order valence-electron chi connectivity index (χ3n) is 3.47. The van der Waals surface area contributed by atoms with Gasteiger partial charge in [0.15, 0.2) is 0 Å². The van der Waals surface area contributed by atoms with E-state index in [1.807, 2.05) is 24.6 Å². The van der Waals surface area contributed by atoms with E-state index in [-0.39, 0.29) is 5.91 Å². The molecule has 0 radical (unpaired) electrons. The summed E-state index contributed by atoms with van der Waals surface area (Å²) >= 11 is 5.17. The maximum absolute atomic E-state index is 12.5. The molecule has 0 saturated heterocycles. The fourth-order valence-corrected chi connectivity index (χ4v) is 2.75. The van der Waals surface area contributed by atoms with Crippen molar-refractivity contribution in [3.05, 3.63) is 18.7 Å². The number of aromatic nitrogens is 2. The van der Waals surface area contributed by atoms with Crippen molar-refractivity contribution >= 4 is 23.1 Å². The van der Waals surface area contributed by atoms with Gasteiger partial charge in [-0.1, -0.05) is 38.9 Å². The minimum Gasteiger partial charge on any atom is -0.392 e. The van der Waals surface area contributed by atoms with Crippen LogP contribution in [0.2, 0.25) is 0 Å². The molecule has 5 nitrogen and oxygen atoms in total. The van der Waals surface area contributed by atoms with Crippen LogP contribution in [-0.4, -0.2) is 27.0 Å². The van der Waals surface area contributed by atoms with Crippen LogP contribution in [0.25, 0.3) is 0 Å². The Hall–Kier alpha value is -1.43. The van der Waals surface area contributed by atoms with Crippen molar-refractivity contribution in [1.29, 1.82) is 0 Å². The van der Waals surface area contributed by atoms with Gasteiger partial charge >= 0.3 is 0 Å². The Bertz CT molecular complexity index is 424. The van der Waals surface area contributed by atoms with Crippen LogP contribution in [0, 0.1) is 5.41 Å². The molecular formula is C14H24N4OS. The van der Waals surface area contributed by atoms with Crippen LogP contribution in [0.1, 0.15) is 39.5 Å². The lowest BCUT2D eigenvalue weighted by molar-refractivity contribution is -0.128. The highest BCUT2D eigenvalue weighted by Gasteiger charge is 2.39. The molecule has 0 fully saturated rings. The number of rotatable bonds is 9. The van der Waals surface area contributed by atoms with Crippen molar-refractivity contribution in [2.24, 2.45) is 11.1 Å². The molecule has 20 heavy (non-hydrogen) atoms. The molecule has 0 aromatic carbocycles. The van der Waals surface area contributed by atoms with Crippen molar-refractivity contribution in [1.82, 2.24) is 14.9 Å². The molecule has 3 N–H and O–H groups in total. The lowest BCUT2D eigenvalue weighted by Crippen LogP contribution is -2.49. The van der Waals surface area contributed by atoms with Gasteiger partial charge < -0.3 is 15.6 Å². The zero-order chi connectivity index (χ0) is 15.0. The van der Waals surface area contributed by atoms with E-state index in [9.17, 15) is 4.79 Å². The highest BCUT2D eigenvalue weighted by molar-refractivity contribution is 7.80. The number of nitrogens with one attached hydrogen (secondary N) is 1. The number of carbonyl (C=O) groups is 1. The van der Waals surface area contributed by atoms with E-state index < -0.39 is 5.41 Å². The van der Waals surface area contributed by atoms with Crippen LogP contribution in [0.5, 0.6) is 0 Å². The van der Waals surface area contributed by atoms with Gasteiger partial charge in [-0.2, -0.15) is 0 Å². The maximum atomic E-state index is 12.5. The summed E-state index contributed by atoms with van der Waals surface area (Å²) in [4.78, 5) is 16.8. The first-order valence-electron chi connectivity index (χ1n) is 7.10. The molecule has 0 aliphatic rings. The van der Waals surface area contributed by atoms with Gasteiger partial charge in [0, 0.05) is 25.5 Å². The van der Waals surface area contributed by atoms with Crippen molar-refractivity contribution in [3.8, 4) is 0 Å². The van der Waals surface area contributed by atoms with Gasteiger partial charge in [-0.25, -0.2) is 4.98 Å². The molecule has 112 valence electrons. The second-order valence-electron chi connectivity index (χ2n) is 5.00. The molecule has 1 heterocycles. The maximum Gasteiger partial charge on any atom is 0.233 e. The standard InChI is InChI=1S/C14H24N4OS/c1-3-5-14(6-4-2,12(15)20)13(19)17-8-10-18-9-7-16-11-18/h7,9,11H,3-6,8,10H2,1-2H3,(H2,15,20)(H,17,19). The van der Waals surface area contributed by atoms with Crippen LogP contribution in [-0.2, 0) is 11.3 Å². The molecule has 0 aliphatic heterocycles. The normalized spacial score (nSPS) is 11.3. The van der Waals surface area contributed by atoms with E-state index in [0.717, 1.165) is 12.8 Å². The predicted octanol–water partition coefficient (Wildman–Crippen LogP) is 1.87. The summed E-state index contributed by atoms with van der Waals surface area (Å²) in [5.74, 6) is -0.0474. The van der Waals surface area contributed by atoms with E-state index in [0.29, 0.717) is 30.9 Å². The second kappa shape index (κ2) is 7.99. The summed E-state index contributed by atoms with van der Waals surface area (Å²) in [6.45, 7) is 5.33. The van der Waals surface area contributed by atoms with Crippen LogP contribution in [0.3, 0.4) is 0 Å². The smallest absolute Gasteiger partial charge is 0.233 e. The second-order valence-corrected chi connectivity index (χ2v) is 5.44. The fraction of sp³-hybridized carbons (Fsp3) is 0.643. The zero-order valence-electron chi connectivity index (χ0n) is 12.3. The Balaban J connectivity index is 2.64. The number of hydrogen-bond donors (Lipinski definition) is 2. The first kappa shape index (κ1) is 16.6. The molecular weight excluding hydrogens is 272 g/mol. The highest BCUT2D eigenvalue weighted by atomic mass is 32.1. The van der Waals surface area contributed by atoms with Gasteiger partial charge in [-0.05, 0) is 12.8 Å². The Morgan fingerprint density at radius 3 is 2.50 bits per heavy atom. The fourth-order valence-electron chi connectivity index (χ4n) is 2.45. The lowest BCUT2D eigenvalue weighted by atomic mass is 9.78. The third kappa shape index (κ3) is 4.03. The van der Waals surface area contributed by atoms with Crippen molar-refractivity contribution < 1.29 is 4.79 Å². The minimum atomic E-state index is -0.701. The van der Waals surface area contributed by atoms with Gasteiger partial charge in [0.1, 0.15) is 0 Å². The molecule has 1 amide bonds. The number of nitrogens with two attached hydrogens (primary N) is 1. The van der Waals surface area contributed by atoms with Gasteiger partial charge in [0.05, 0.1) is 16.7 Å². The first-order chi connectivity index (χ1) is 9.56. The molecule has 1 rings (SSSR count). The van der Waals surface area contributed by atoms with Crippen molar-refractivity contribution in [2.45, 2.75) is 46.1 Å². The van der Waals surface area contributed by atoms with E-state index in [1.165, 1.54) is 0 Å². The Morgan fingerprint density at radius 2 is 2.05 bits per heavy atom. The van der Waals surface area contributed by atoms with E-state index in [4.69, 9.17) is 18.0 Å². The van der Waals surface area contributed by atoms with E-state index >= 15 is 0 Å². The average molecular weight is 296 g/mol. The Labute approximate surface area is 125 Å². The first-order valence-corrected chi connectivity index (χ1v) is 7.51. The number of carbonyl (C=O) groups excluding carboxylic acids is 1. The molecule has 1 aromatic rings. The summed E-state index contributed by atoms with van der Waals surface area (Å²) in [5, 5.41) is 2.96. The van der Waals surface area contributed by atoms with Crippen LogP contribution in [0.4, 0.5) is 0 Å². The molecule has 0 bridgehead atoms. The third-order valence-corrected chi connectivity index (χ3v) is 3.87. The van der Waals surface area contributed by atoms with Crippen LogP contribution < -0.4 is 11.1 Å². The van der Waals surface area contributed by atoms with Gasteiger partial charge in [0.2, 0.25) is 5.91 Å². The number of imidazole rings is 1. The summed E-state index contributed by atoms with van der Waals surface area (Å²) in [7, 11) is 0. The van der Waals surface area contributed by atoms with Crippen LogP contribution in [0.15, 0.2) is 18.7 Å². The summed E-state index contributed by atoms with van der Waals surface area (Å²) < 4.78 is 1.92. The number of hydrogen-bond acceptors (Lipinski definition) is 3. The summed E-state index contributed by atoms with van der Waals surface area (Å²) in [5.41, 5.74) is 5.17. The van der Waals surface area contributed by atoms with Gasteiger partial charge in [0.25, 0.3) is 0 Å². The number of nitrogens with zero attached hydrogens (tertiary/aromatic N) is 2.